The lowest BCUT2D eigenvalue weighted by molar-refractivity contribution is 0.553. The molecule has 0 aliphatic heterocycles. The summed E-state index contributed by atoms with van der Waals surface area (Å²) in [6.45, 7) is 6.56. The van der Waals surface area contributed by atoms with Crippen LogP contribution in [-0.2, 0) is 13.5 Å². The lowest BCUT2D eigenvalue weighted by atomic mass is 10.1. The van der Waals surface area contributed by atoms with Crippen molar-refractivity contribution in [2.24, 2.45) is 13.0 Å². The molecule has 3 heteroatoms. The van der Waals surface area contributed by atoms with Gasteiger partial charge < -0.3 is 4.57 Å². The zero-order valence-corrected chi connectivity index (χ0v) is 11.1. The van der Waals surface area contributed by atoms with E-state index < -0.39 is 0 Å². The van der Waals surface area contributed by atoms with Crippen LogP contribution in [0.5, 0.6) is 0 Å². The quantitative estimate of drug-likeness (QED) is 0.809. The Bertz CT molecular complexity index is 302. The maximum atomic E-state index is 4.52. The summed E-state index contributed by atoms with van der Waals surface area (Å²) in [6, 6.07) is 0. The minimum absolute atomic E-state index is 0.790. The fraction of sp³-hybridized carbons (Fsp3) is 0.727. The second-order valence-electron chi connectivity index (χ2n) is 4.24. The van der Waals surface area contributed by atoms with E-state index in [-0.39, 0.29) is 0 Å². The van der Waals surface area contributed by atoms with Crippen LogP contribution in [0.1, 0.15) is 38.2 Å². The van der Waals surface area contributed by atoms with Gasteiger partial charge in [-0.2, -0.15) is 0 Å². The fourth-order valence-electron chi connectivity index (χ4n) is 1.49. The number of nitrogens with zero attached hydrogens (tertiary/aromatic N) is 2. The number of aryl methyl sites for hydroxylation is 2. The largest absolute Gasteiger partial charge is 0.326 e. The van der Waals surface area contributed by atoms with Gasteiger partial charge in [-0.15, -0.1) is 0 Å². The monoisotopic (exact) mass is 258 g/mol. The third-order valence-corrected chi connectivity index (χ3v) is 3.50. The Morgan fingerprint density at radius 3 is 2.50 bits per heavy atom. The highest BCUT2D eigenvalue weighted by molar-refractivity contribution is 9.10. The summed E-state index contributed by atoms with van der Waals surface area (Å²) >= 11 is 3.57. The summed E-state index contributed by atoms with van der Waals surface area (Å²) in [6.07, 6.45) is 3.59. The minimum atomic E-state index is 0.790. The van der Waals surface area contributed by atoms with E-state index in [0.717, 1.165) is 22.8 Å². The summed E-state index contributed by atoms with van der Waals surface area (Å²) in [7, 11) is 2.04. The zero-order valence-electron chi connectivity index (χ0n) is 9.47. The van der Waals surface area contributed by atoms with Gasteiger partial charge in [-0.25, -0.2) is 4.98 Å². The molecule has 0 bridgehead atoms. The molecule has 14 heavy (non-hydrogen) atoms. The Morgan fingerprint density at radius 2 is 2.07 bits per heavy atom. The van der Waals surface area contributed by atoms with E-state index in [1.807, 2.05) is 14.0 Å². The van der Waals surface area contributed by atoms with E-state index >= 15 is 0 Å². The third kappa shape index (κ3) is 2.84. The SMILES string of the molecule is Cc1nc(CCCC(C)C)c(Br)n1C. The predicted octanol–water partition coefficient (Wildman–Crippen LogP) is 3.47. The molecular formula is C11H19BrN2. The minimum Gasteiger partial charge on any atom is -0.326 e. The number of hydrogen-bond donors (Lipinski definition) is 0. The zero-order chi connectivity index (χ0) is 10.7. The van der Waals surface area contributed by atoms with Crippen LogP contribution in [0.2, 0.25) is 0 Å². The molecule has 0 unspecified atom stereocenters. The van der Waals surface area contributed by atoms with Crippen LogP contribution in [0.15, 0.2) is 4.60 Å². The summed E-state index contributed by atoms with van der Waals surface area (Å²) in [5.74, 6) is 1.87. The first-order valence-corrected chi connectivity index (χ1v) is 5.99. The fourth-order valence-corrected chi connectivity index (χ4v) is 2.03. The Kier molecular flexibility index (Phi) is 4.17. The van der Waals surface area contributed by atoms with Crippen LogP contribution in [-0.4, -0.2) is 9.55 Å². The molecule has 0 N–H and O–H groups in total. The first kappa shape index (κ1) is 11.8. The van der Waals surface area contributed by atoms with E-state index in [9.17, 15) is 0 Å². The molecule has 1 rings (SSSR count). The standard InChI is InChI=1S/C11H19BrN2/c1-8(2)6-5-7-10-11(12)14(4)9(3)13-10/h8H,5-7H2,1-4H3. The molecule has 1 aromatic heterocycles. The molecule has 0 aliphatic carbocycles. The molecule has 2 nitrogen and oxygen atoms in total. The van der Waals surface area contributed by atoms with Crippen LogP contribution in [0.4, 0.5) is 0 Å². The Morgan fingerprint density at radius 1 is 1.43 bits per heavy atom. The summed E-state index contributed by atoms with van der Waals surface area (Å²) in [5.41, 5.74) is 1.20. The third-order valence-electron chi connectivity index (χ3n) is 2.51. The van der Waals surface area contributed by atoms with E-state index in [1.54, 1.807) is 0 Å². The molecule has 0 aliphatic rings. The van der Waals surface area contributed by atoms with Crippen molar-refractivity contribution in [3.05, 3.63) is 16.1 Å². The summed E-state index contributed by atoms with van der Waals surface area (Å²) in [4.78, 5) is 4.52. The molecule has 1 heterocycles. The van der Waals surface area contributed by atoms with E-state index in [1.165, 1.54) is 18.5 Å². The van der Waals surface area contributed by atoms with Gasteiger partial charge in [-0.3, -0.25) is 0 Å². The van der Waals surface area contributed by atoms with Crippen molar-refractivity contribution in [1.29, 1.82) is 0 Å². The van der Waals surface area contributed by atoms with Gasteiger partial charge in [-0.1, -0.05) is 20.3 Å². The van der Waals surface area contributed by atoms with Gasteiger partial charge in [0, 0.05) is 7.05 Å². The van der Waals surface area contributed by atoms with Crippen LogP contribution in [0.3, 0.4) is 0 Å². The van der Waals surface area contributed by atoms with Crippen LogP contribution in [0, 0.1) is 12.8 Å². The predicted molar refractivity (Wildman–Crippen MR) is 63.4 cm³/mol. The molecule has 0 radical (unpaired) electrons. The summed E-state index contributed by atoms with van der Waals surface area (Å²) in [5, 5.41) is 0. The molecule has 80 valence electrons. The van der Waals surface area contributed by atoms with Gasteiger partial charge in [0.05, 0.1) is 5.69 Å². The van der Waals surface area contributed by atoms with E-state index in [4.69, 9.17) is 0 Å². The average molecular weight is 259 g/mol. The van der Waals surface area contributed by atoms with Crippen molar-refractivity contribution >= 4 is 15.9 Å². The summed E-state index contributed by atoms with van der Waals surface area (Å²) < 4.78 is 3.23. The number of aromatic nitrogens is 2. The number of halogens is 1. The Hall–Kier alpha value is -0.310. The molecule has 0 fully saturated rings. The second kappa shape index (κ2) is 4.96. The first-order chi connectivity index (χ1) is 6.52. The van der Waals surface area contributed by atoms with Crippen molar-refractivity contribution in [2.75, 3.05) is 0 Å². The van der Waals surface area contributed by atoms with Crippen molar-refractivity contribution < 1.29 is 0 Å². The van der Waals surface area contributed by atoms with Gasteiger partial charge in [0.2, 0.25) is 0 Å². The van der Waals surface area contributed by atoms with Gasteiger partial charge in [0.1, 0.15) is 10.4 Å². The maximum Gasteiger partial charge on any atom is 0.108 e. The molecule has 0 amide bonds. The normalized spacial score (nSPS) is 11.3. The van der Waals surface area contributed by atoms with E-state index in [0.29, 0.717) is 0 Å². The first-order valence-electron chi connectivity index (χ1n) is 5.20. The second-order valence-corrected chi connectivity index (χ2v) is 4.99. The topological polar surface area (TPSA) is 17.8 Å². The van der Waals surface area contributed by atoms with Crippen LogP contribution in [0.25, 0.3) is 0 Å². The van der Waals surface area contributed by atoms with Gasteiger partial charge in [0.15, 0.2) is 0 Å². The highest BCUT2D eigenvalue weighted by atomic mass is 79.9. The molecule has 1 aromatic rings. The van der Waals surface area contributed by atoms with Crippen molar-refractivity contribution in [2.45, 2.75) is 40.0 Å². The van der Waals surface area contributed by atoms with Crippen molar-refractivity contribution in [3.63, 3.8) is 0 Å². The molecular weight excluding hydrogens is 240 g/mol. The van der Waals surface area contributed by atoms with Gasteiger partial charge in [0.25, 0.3) is 0 Å². The highest BCUT2D eigenvalue weighted by Crippen LogP contribution is 2.19. The molecule has 0 saturated carbocycles. The maximum absolute atomic E-state index is 4.52. The number of imidazole rings is 1. The Labute approximate surface area is 94.9 Å². The number of rotatable bonds is 4. The molecule has 0 atom stereocenters. The highest BCUT2D eigenvalue weighted by Gasteiger charge is 2.08. The van der Waals surface area contributed by atoms with Crippen molar-refractivity contribution in [3.8, 4) is 0 Å². The van der Waals surface area contributed by atoms with Gasteiger partial charge >= 0.3 is 0 Å². The number of hydrogen-bond acceptors (Lipinski definition) is 1. The van der Waals surface area contributed by atoms with E-state index in [2.05, 4.69) is 39.3 Å². The average Bonchev–Trinajstić information content (AvgIpc) is 2.33. The Balaban J connectivity index is 2.55. The van der Waals surface area contributed by atoms with Gasteiger partial charge in [-0.05, 0) is 41.6 Å². The van der Waals surface area contributed by atoms with Crippen molar-refractivity contribution in [1.82, 2.24) is 9.55 Å². The smallest absolute Gasteiger partial charge is 0.108 e. The molecule has 0 saturated heterocycles. The molecule has 0 aromatic carbocycles. The lowest BCUT2D eigenvalue weighted by Gasteiger charge is -2.02. The molecule has 0 spiro atoms. The van der Waals surface area contributed by atoms with Crippen LogP contribution < -0.4 is 0 Å². The lowest BCUT2D eigenvalue weighted by Crippen LogP contribution is -1.93. The van der Waals surface area contributed by atoms with Crippen LogP contribution >= 0.6 is 15.9 Å².